The van der Waals surface area contributed by atoms with E-state index in [0.717, 1.165) is 31.5 Å². The van der Waals surface area contributed by atoms with E-state index in [1.807, 2.05) is 29.2 Å². The number of amides is 2. The van der Waals surface area contributed by atoms with E-state index in [4.69, 9.17) is 0 Å². The zero-order chi connectivity index (χ0) is 18.8. The van der Waals surface area contributed by atoms with Crippen molar-refractivity contribution in [2.24, 2.45) is 0 Å². The Balaban J connectivity index is 1.53. The molecule has 2 aromatic rings. The van der Waals surface area contributed by atoms with Gasteiger partial charge in [0.2, 0.25) is 11.9 Å². The number of nitrogens with zero attached hydrogens (tertiary/aromatic N) is 2. The predicted molar refractivity (Wildman–Crippen MR) is 100 cm³/mol. The van der Waals surface area contributed by atoms with Gasteiger partial charge in [0.05, 0.1) is 0 Å². The molecule has 1 aromatic carbocycles. The fraction of sp³-hybridized carbons (Fsp3) is 0.368. The van der Waals surface area contributed by atoms with Gasteiger partial charge in [-0.2, -0.15) is 0 Å². The molecule has 0 unspecified atom stereocenters. The van der Waals surface area contributed by atoms with Crippen LogP contribution in [0.2, 0.25) is 0 Å². The molecule has 140 valence electrons. The standard InChI is InChI=1S/C19H21N5O3/c25-16(22-14-6-3-4-9-20-18(14)27)13-11-21-19(23-17(13)26)24-10-8-12-5-1-2-7-15(12)24/h1-2,5,7,11,14H,3-4,6,8-10H2,(H,20,27)(H,22,25)(H,21,23,26)/t14-/m0/s1. The summed E-state index contributed by atoms with van der Waals surface area (Å²) in [6.07, 6.45) is 4.43. The van der Waals surface area contributed by atoms with Crippen LogP contribution in [-0.2, 0) is 11.2 Å². The van der Waals surface area contributed by atoms with Gasteiger partial charge in [0, 0.05) is 25.0 Å². The number of rotatable bonds is 3. The molecule has 2 aliphatic rings. The summed E-state index contributed by atoms with van der Waals surface area (Å²) in [5, 5.41) is 5.41. The fourth-order valence-corrected chi connectivity index (χ4v) is 3.56. The van der Waals surface area contributed by atoms with Crippen molar-refractivity contribution in [2.45, 2.75) is 31.7 Å². The Morgan fingerprint density at radius 2 is 2.07 bits per heavy atom. The fourth-order valence-electron chi connectivity index (χ4n) is 3.56. The number of H-pyrrole nitrogens is 1. The van der Waals surface area contributed by atoms with Crippen molar-refractivity contribution >= 4 is 23.5 Å². The number of carbonyl (C=O) groups excluding carboxylic acids is 2. The molecule has 0 spiro atoms. The summed E-state index contributed by atoms with van der Waals surface area (Å²) in [6.45, 7) is 1.33. The smallest absolute Gasteiger partial charge is 0.265 e. The van der Waals surface area contributed by atoms with Gasteiger partial charge in [-0.3, -0.25) is 19.4 Å². The van der Waals surface area contributed by atoms with Gasteiger partial charge in [0.25, 0.3) is 11.5 Å². The topological polar surface area (TPSA) is 107 Å². The molecule has 3 N–H and O–H groups in total. The lowest BCUT2D eigenvalue weighted by Gasteiger charge is -2.18. The van der Waals surface area contributed by atoms with Crippen LogP contribution in [0.4, 0.5) is 11.6 Å². The zero-order valence-electron chi connectivity index (χ0n) is 14.8. The second-order valence-electron chi connectivity index (χ2n) is 6.79. The highest BCUT2D eigenvalue weighted by Crippen LogP contribution is 2.31. The molecule has 0 radical (unpaired) electrons. The molecular weight excluding hydrogens is 346 g/mol. The molecule has 8 heteroatoms. The number of benzene rings is 1. The number of aromatic amines is 1. The van der Waals surface area contributed by atoms with Crippen LogP contribution in [0.25, 0.3) is 0 Å². The third-order valence-electron chi connectivity index (χ3n) is 5.01. The van der Waals surface area contributed by atoms with Crippen molar-refractivity contribution in [3.8, 4) is 0 Å². The zero-order valence-corrected chi connectivity index (χ0v) is 14.8. The Bertz CT molecular complexity index is 939. The van der Waals surface area contributed by atoms with Crippen molar-refractivity contribution < 1.29 is 9.59 Å². The number of aromatic nitrogens is 2. The lowest BCUT2D eigenvalue weighted by molar-refractivity contribution is -0.122. The maximum absolute atomic E-state index is 12.5. The molecule has 0 bridgehead atoms. The van der Waals surface area contributed by atoms with Gasteiger partial charge in [-0.25, -0.2) is 4.98 Å². The van der Waals surface area contributed by atoms with Gasteiger partial charge in [-0.1, -0.05) is 18.2 Å². The van der Waals surface area contributed by atoms with Crippen LogP contribution in [-0.4, -0.2) is 40.9 Å². The van der Waals surface area contributed by atoms with E-state index in [2.05, 4.69) is 20.6 Å². The average molecular weight is 367 g/mol. The SMILES string of the molecule is O=C(N[C@H]1CCCCNC1=O)c1cnc(N2CCc3ccccc32)[nH]c1=O. The van der Waals surface area contributed by atoms with Crippen molar-refractivity contribution in [3.63, 3.8) is 0 Å². The number of nitrogens with one attached hydrogen (secondary N) is 3. The summed E-state index contributed by atoms with van der Waals surface area (Å²) in [5.74, 6) is -0.386. The number of fused-ring (bicyclic) bond motifs is 1. The number of carbonyl (C=O) groups is 2. The van der Waals surface area contributed by atoms with E-state index in [1.165, 1.54) is 11.8 Å². The first kappa shape index (κ1) is 17.3. The van der Waals surface area contributed by atoms with E-state index in [0.29, 0.717) is 18.9 Å². The maximum Gasteiger partial charge on any atom is 0.265 e. The first-order valence-electron chi connectivity index (χ1n) is 9.17. The Kier molecular flexibility index (Phi) is 4.62. The van der Waals surface area contributed by atoms with Gasteiger partial charge >= 0.3 is 0 Å². The van der Waals surface area contributed by atoms with Crippen LogP contribution in [0, 0.1) is 0 Å². The van der Waals surface area contributed by atoms with Crippen LogP contribution >= 0.6 is 0 Å². The number of anilines is 2. The van der Waals surface area contributed by atoms with Crippen molar-refractivity contribution in [1.29, 1.82) is 0 Å². The highest BCUT2D eigenvalue weighted by Gasteiger charge is 2.26. The average Bonchev–Trinajstić information content (AvgIpc) is 3.00. The molecule has 8 nitrogen and oxygen atoms in total. The molecule has 1 atom stereocenters. The van der Waals surface area contributed by atoms with Gasteiger partial charge in [0.15, 0.2) is 0 Å². The van der Waals surface area contributed by atoms with Crippen molar-refractivity contribution in [3.05, 3.63) is 51.9 Å². The summed E-state index contributed by atoms with van der Waals surface area (Å²) in [5.41, 5.74) is 1.59. The largest absolute Gasteiger partial charge is 0.354 e. The third kappa shape index (κ3) is 3.42. The van der Waals surface area contributed by atoms with E-state index < -0.39 is 17.5 Å². The van der Waals surface area contributed by atoms with Crippen LogP contribution in [0.3, 0.4) is 0 Å². The number of hydrogen-bond acceptors (Lipinski definition) is 5. The summed E-state index contributed by atoms with van der Waals surface area (Å²) in [7, 11) is 0. The van der Waals surface area contributed by atoms with Crippen LogP contribution in [0.1, 0.15) is 35.2 Å². The minimum atomic E-state index is -0.621. The van der Waals surface area contributed by atoms with Crippen molar-refractivity contribution in [2.75, 3.05) is 18.0 Å². The molecule has 1 aromatic heterocycles. The molecule has 2 amide bonds. The molecule has 3 heterocycles. The quantitative estimate of drug-likeness (QED) is 0.746. The molecule has 0 aliphatic carbocycles. The Morgan fingerprint density at radius 1 is 1.22 bits per heavy atom. The van der Waals surface area contributed by atoms with Crippen molar-refractivity contribution in [1.82, 2.24) is 20.6 Å². The van der Waals surface area contributed by atoms with E-state index in [9.17, 15) is 14.4 Å². The van der Waals surface area contributed by atoms with Gasteiger partial charge in [-0.15, -0.1) is 0 Å². The molecule has 1 fully saturated rings. The van der Waals surface area contributed by atoms with Gasteiger partial charge < -0.3 is 15.5 Å². The predicted octanol–water partition coefficient (Wildman–Crippen LogP) is 0.863. The normalized spacial score (nSPS) is 19.2. The number of para-hydroxylation sites is 1. The molecule has 0 saturated carbocycles. The highest BCUT2D eigenvalue weighted by atomic mass is 16.2. The number of hydrogen-bond donors (Lipinski definition) is 3. The van der Waals surface area contributed by atoms with E-state index >= 15 is 0 Å². The Morgan fingerprint density at radius 3 is 2.93 bits per heavy atom. The summed E-state index contributed by atoms with van der Waals surface area (Å²) < 4.78 is 0. The minimum Gasteiger partial charge on any atom is -0.354 e. The van der Waals surface area contributed by atoms with E-state index in [1.54, 1.807) is 0 Å². The Labute approximate surface area is 156 Å². The molecule has 2 aliphatic heterocycles. The second kappa shape index (κ2) is 7.22. The van der Waals surface area contributed by atoms with Crippen LogP contribution < -0.4 is 21.1 Å². The summed E-state index contributed by atoms with van der Waals surface area (Å²) >= 11 is 0. The summed E-state index contributed by atoms with van der Waals surface area (Å²) in [6, 6.07) is 7.33. The van der Waals surface area contributed by atoms with Crippen LogP contribution in [0.5, 0.6) is 0 Å². The molecule has 27 heavy (non-hydrogen) atoms. The molecule has 1 saturated heterocycles. The van der Waals surface area contributed by atoms with E-state index in [-0.39, 0.29) is 11.5 Å². The molecular formula is C19H21N5O3. The Hall–Kier alpha value is -3.16. The van der Waals surface area contributed by atoms with Gasteiger partial charge in [-0.05, 0) is 37.3 Å². The van der Waals surface area contributed by atoms with Gasteiger partial charge in [0.1, 0.15) is 11.6 Å². The molecule has 4 rings (SSSR count). The monoisotopic (exact) mass is 367 g/mol. The third-order valence-corrected chi connectivity index (χ3v) is 5.01. The highest BCUT2D eigenvalue weighted by molar-refractivity contribution is 5.97. The van der Waals surface area contributed by atoms with Crippen LogP contribution in [0.15, 0.2) is 35.3 Å². The first-order chi connectivity index (χ1) is 13.1. The lowest BCUT2D eigenvalue weighted by atomic mass is 10.1. The first-order valence-corrected chi connectivity index (χ1v) is 9.17. The summed E-state index contributed by atoms with van der Waals surface area (Å²) in [4.78, 5) is 45.8. The lowest BCUT2D eigenvalue weighted by Crippen LogP contribution is -2.46. The second-order valence-corrected chi connectivity index (χ2v) is 6.79. The minimum absolute atomic E-state index is 0.0942. The maximum atomic E-state index is 12.5.